The van der Waals surface area contributed by atoms with E-state index in [0.29, 0.717) is 28.9 Å². The van der Waals surface area contributed by atoms with Crippen molar-refractivity contribution in [2.75, 3.05) is 6.61 Å². The number of nitrogens with zero attached hydrogens (tertiary/aromatic N) is 2. The zero-order valence-corrected chi connectivity index (χ0v) is 16.4. The molecule has 2 heterocycles. The number of ether oxygens (including phenoxy) is 1. The molecule has 6 heteroatoms. The first-order chi connectivity index (χ1) is 12.7. The minimum absolute atomic E-state index is 0.321. The van der Waals surface area contributed by atoms with Crippen molar-refractivity contribution in [3.8, 4) is 17.0 Å². The summed E-state index contributed by atoms with van der Waals surface area (Å²) in [4.78, 5) is 8.57. The predicted octanol–water partition coefficient (Wildman–Crippen LogP) is 5.23. The van der Waals surface area contributed by atoms with Crippen LogP contribution in [0.4, 0.5) is 4.39 Å². The molecule has 27 heavy (non-hydrogen) atoms. The number of benzene rings is 1. The molecule has 4 nitrogen and oxygen atoms in total. The van der Waals surface area contributed by atoms with Crippen molar-refractivity contribution in [2.45, 2.75) is 32.7 Å². The summed E-state index contributed by atoms with van der Waals surface area (Å²) in [6.07, 6.45) is 4.17. The average molecular weight is 388 g/mol. The van der Waals surface area contributed by atoms with E-state index in [4.69, 9.17) is 22.1 Å². The molecular formula is C21H23ClFN3O. The Hall–Kier alpha value is -2.24. The standard InChI is InChI=1S/C21H23ClFN3O/c1-13(2)10-21(3,24)12-27-20-18(22)8-14(11-26-20)16-6-7-25-19-9-15(23)4-5-17(16)19/h4-9,11,13H,10,12,24H2,1-3H3. The minimum atomic E-state index is -0.455. The molecule has 0 fully saturated rings. The largest absolute Gasteiger partial charge is 0.475 e. The van der Waals surface area contributed by atoms with Crippen molar-refractivity contribution < 1.29 is 9.13 Å². The van der Waals surface area contributed by atoms with Crippen molar-refractivity contribution in [3.63, 3.8) is 0 Å². The number of fused-ring (bicyclic) bond motifs is 1. The van der Waals surface area contributed by atoms with Crippen molar-refractivity contribution in [1.29, 1.82) is 0 Å². The van der Waals surface area contributed by atoms with Gasteiger partial charge < -0.3 is 10.5 Å². The Kier molecular flexibility index (Phi) is 5.63. The third kappa shape index (κ3) is 4.73. The molecule has 0 amide bonds. The predicted molar refractivity (Wildman–Crippen MR) is 107 cm³/mol. The second-order valence-corrected chi connectivity index (χ2v) is 7.98. The monoisotopic (exact) mass is 387 g/mol. The molecule has 2 aromatic heterocycles. The number of nitrogens with two attached hydrogens (primary N) is 1. The first-order valence-electron chi connectivity index (χ1n) is 8.87. The maximum atomic E-state index is 13.4. The summed E-state index contributed by atoms with van der Waals surface area (Å²) in [5, 5.41) is 1.23. The Labute approximate surface area is 163 Å². The van der Waals surface area contributed by atoms with E-state index < -0.39 is 5.54 Å². The van der Waals surface area contributed by atoms with Gasteiger partial charge in [-0.2, -0.15) is 0 Å². The van der Waals surface area contributed by atoms with Crippen LogP contribution in [-0.2, 0) is 0 Å². The highest BCUT2D eigenvalue weighted by atomic mass is 35.5. The van der Waals surface area contributed by atoms with Crippen LogP contribution in [0.5, 0.6) is 5.88 Å². The molecule has 3 rings (SSSR count). The van der Waals surface area contributed by atoms with Crippen LogP contribution in [0.25, 0.3) is 22.0 Å². The van der Waals surface area contributed by atoms with Crippen LogP contribution < -0.4 is 10.5 Å². The minimum Gasteiger partial charge on any atom is -0.475 e. The summed E-state index contributed by atoms with van der Waals surface area (Å²) < 4.78 is 19.2. The van der Waals surface area contributed by atoms with Gasteiger partial charge in [-0.1, -0.05) is 25.4 Å². The fourth-order valence-corrected chi connectivity index (χ4v) is 3.50. The topological polar surface area (TPSA) is 61.0 Å². The SMILES string of the molecule is CC(C)CC(C)(N)COc1ncc(-c2ccnc3cc(F)ccc23)cc1Cl. The lowest BCUT2D eigenvalue weighted by atomic mass is 9.93. The van der Waals surface area contributed by atoms with Gasteiger partial charge in [-0.05, 0) is 49.1 Å². The molecule has 142 valence electrons. The third-order valence-corrected chi connectivity index (χ3v) is 4.51. The van der Waals surface area contributed by atoms with Crippen molar-refractivity contribution >= 4 is 22.5 Å². The third-order valence-electron chi connectivity index (χ3n) is 4.24. The van der Waals surface area contributed by atoms with Crippen molar-refractivity contribution in [2.24, 2.45) is 11.7 Å². The molecule has 1 aromatic carbocycles. The smallest absolute Gasteiger partial charge is 0.232 e. The summed E-state index contributed by atoms with van der Waals surface area (Å²) >= 11 is 6.39. The van der Waals surface area contributed by atoms with Gasteiger partial charge in [-0.15, -0.1) is 0 Å². The lowest BCUT2D eigenvalue weighted by Crippen LogP contribution is -2.43. The van der Waals surface area contributed by atoms with Crippen LogP contribution in [0.1, 0.15) is 27.2 Å². The van der Waals surface area contributed by atoms with Crippen LogP contribution in [-0.4, -0.2) is 22.1 Å². The van der Waals surface area contributed by atoms with Crippen LogP contribution in [0.2, 0.25) is 5.02 Å². The fraction of sp³-hybridized carbons (Fsp3) is 0.333. The normalized spacial score (nSPS) is 13.7. The van der Waals surface area contributed by atoms with Gasteiger partial charge >= 0.3 is 0 Å². The Morgan fingerprint density at radius 3 is 2.70 bits per heavy atom. The molecule has 0 spiro atoms. The lowest BCUT2D eigenvalue weighted by Gasteiger charge is -2.26. The quantitative estimate of drug-likeness (QED) is 0.629. The average Bonchev–Trinajstić information content (AvgIpc) is 2.58. The van der Waals surface area contributed by atoms with E-state index in [1.54, 1.807) is 24.5 Å². The van der Waals surface area contributed by atoms with Crippen LogP contribution in [0, 0.1) is 11.7 Å². The maximum Gasteiger partial charge on any atom is 0.232 e. The van der Waals surface area contributed by atoms with E-state index >= 15 is 0 Å². The highest BCUT2D eigenvalue weighted by Crippen LogP contribution is 2.32. The second-order valence-electron chi connectivity index (χ2n) is 7.57. The molecular weight excluding hydrogens is 365 g/mol. The van der Waals surface area contributed by atoms with E-state index in [-0.39, 0.29) is 5.82 Å². The van der Waals surface area contributed by atoms with Gasteiger partial charge in [0.15, 0.2) is 0 Å². The second kappa shape index (κ2) is 7.79. The zero-order chi connectivity index (χ0) is 19.6. The first-order valence-corrected chi connectivity index (χ1v) is 9.25. The number of pyridine rings is 2. The van der Waals surface area contributed by atoms with Gasteiger partial charge in [-0.25, -0.2) is 9.37 Å². The van der Waals surface area contributed by atoms with E-state index in [9.17, 15) is 4.39 Å². The lowest BCUT2D eigenvalue weighted by molar-refractivity contribution is 0.201. The zero-order valence-electron chi connectivity index (χ0n) is 15.7. The number of hydrogen-bond donors (Lipinski definition) is 1. The molecule has 0 radical (unpaired) electrons. The van der Waals surface area contributed by atoms with Gasteiger partial charge in [0.1, 0.15) is 17.4 Å². The molecule has 0 aliphatic carbocycles. The number of halogens is 2. The molecule has 3 aromatic rings. The summed E-state index contributed by atoms with van der Waals surface area (Å²) in [6.45, 7) is 6.53. The molecule has 0 aliphatic heterocycles. The Balaban J connectivity index is 1.85. The van der Waals surface area contributed by atoms with Gasteiger partial charge in [0.25, 0.3) is 0 Å². The van der Waals surface area contributed by atoms with E-state index in [2.05, 4.69) is 23.8 Å². The van der Waals surface area contributed by atoms with Crippen LogP contribution >= 0.6 is 11.6 Å². The Morgan fingerprint density at radius 2 is 2.00 bits per heavy atom. The van der Waals surface area contributed by atoms with Gasteiger partial charge in [-0.3, -0.25) is 4.98 Å². The van der Waals surface area contributed by atoms with Crippen LogP contribution in [0.15, 0.2) is 42.7 Å². The summed E-state index contributed by atoms with van der Waals surface area (Å²) in [6, 6.07) is 8.17. The highest BCUT2D eigenvalue weighted by Gasteiger charge is 2.22. The maximum absolute atomic E-state index is 13.4. The molecule has 0 bridgehead atoms. The van der Waals surface area contributed by atoms with E-state index in [0.717, 1.165) is 22.9 Å². The molecule has 1 atom stereocenters. The molecule has 0 saturated carbocycles. The first kappa shape index (κ1) is 19.5. The number of rotatable bonds is 6. The molecule has 1 unspecified atom stereocenters. The van der Waals surface area contributed by atoms with Gasteiger partial charge in [0.2, 0.25) is 5.88 Å². The Morgan fingerprint density at radius 1 is 1.22 bits per heavy atom. The highest BCUT2D eigenvalue weighted by molar-refractivity contribution is 6.32. The molecule has 0 saturated heterocycles. The van der Waals surface area contributed by atoms with Gasteiger partial charge in [0.05, 0.1) is 5.52 Å². The summed E-state index contributed by atoms with van der Waals surface area (Å²) in [7, 11) is 0. The van der Waals surface area contributed by atoms with Crippen molar-refractivity contribution in [3.05, 3.63) is 53.6 Å². The van der Waals surface area contributed by atoms with E-state index in [1.165, 1.54) is 12.1 Å². The van der Waals surface area contributed by atoms with Crippen LogP contribution in [0.3, 0.4) is 0 Å². The molecule has 0 aliphatic rings. The van der Waals surface area contributed by atoms with Gasteiger partial charge in [0, 0.05) is 34.9 Å². The van der Waals surface area contributed by atoms with E-state index in [1.807, 2.05) is 13.0 Å². The van der Waals surface area contributed by atoms with Crippen molar-refractivity contribution in [1.82, 2.24) is 9.97 Å². The summed E-state index contributed by atoms with van der Waals surface area (Å²) in [5.74, 6) is 0.503. The fourth-order valence-electron chi connectivity index (χ4n) is 3.28. The molecule has 2 N–H and O–H groups in total. The number of aromatic nitrogens is 2. The number of hydrogen-bond acceptors (Lipinski definition) is 4. The Bertz CT molecular complexity index is 959. The summed E-state index contributed by atoms with van der Waals surface area (Å²) in [5.41, 5.74) is 8.09.